The van der Waals surface area contributed by atoms with Gasteiger partial charge >= 0.3 is 0 Å². The number of hydrogen-bond donors (Lipinski definition) is 1. The molecule has 0 amide bonds. The molecule has 0 radical (unpaired) electrons. The van der Waals surface area contributed by atoms with E-state index in [2.05, 4.69) is 35.6 Å². The first kappa shape index (κ1) is 11.6. The Kier molecular flexibility index (Phi) is 4.37. The molecule has 2 heteroatoms. The average Bonchev–Trinajstić information content (AvgIpc) is 3.13. The lowest BCUT2D eigenvalue weighted by Gasteiger charge is -2.17. The van der Waals surface area contributed by atoms with Gasteiger partial charge in [-0.3, -0.25) is 0 Å². The molecule has 1 aliphatic rings. The minimum atomic E-state index is 0.564. The van der Waals surface area contributed by atoms with E-state index in [1.165, 1.54) is 18.4 Å². The van der Waals surface area contributed by atoms with Crippen molar-refractivity contribution in [3.63, 3.8) is 0 Å². The third-order valence-electron chi connectivity index (χ3n) is 3.20. The van der Waals surface area contributed by atoms with Crippen LogP contribution in [0.5, 0.6) is 0 Å². The minimum Gasteiger partial charge on any atom is -0.383 e. The first-order valence-corrected chi connectivity index (χ1v) is 6.16. The number of hydrogen-bond acceptors (Lipinski definition) is 2. The summed E-state index contributed by atoms with van der Waals surface area (Å²) in [6, 6.07) is 11.2. The van der Waals surface area contributed by atoms with Crippen molar-refractivity contribution >= 4 is 0 Å². The zero-order valence-electron chi connectivity index (χ0n) is 9.99. The third kappa shape index (κ3) is 3.62. The molecule has 0 bridgehead atoms. The highest BCUT2D eigenvalue weighted by molar-refractivity contribution is 5.14. The molecule has 0 aromatic heterocycles. The van der Waals surface area contributed by atoms with Crippen molar-refractivity contribution in [3.05, 3.63) is 35.9 Å². The molecule has 0 saturated heterocycles. The van der Waals surface area contributed by atoms with Crippen molar-refractivity contribution in [1.29, 1.82) is 0 Å². The van der Waals surface area contributed by atoms with Crippen molar-refractivity contribution < 1.29 is 4.74 Å². The van der Waals surface area contributed by atoms with Crippen LogP contribution in [0.3, 0.4) is 0 Å². The van der Waals surface area contributed by atoms with Gasteiger partial charge in [0.2, 0.25) is 0 Å². The summed E-state index contributed by atoms with van der Waals surface area (Å²) < 4.78 is 5.25. The molecule has 2 rings (SSSR count). The summed E-state index contributed by atoms with van der Waals surface area (Å²) in [6.07, 6.45) is 3.84. The van der Waals surface area contributed by atoms with Gasteiger partial charge in [0.05, 0.1) is 6.61 Å². The van der Waals surface area contributed by atoms with Gasteiger partial charge in [-0.2, -0.15) is 0 Å². The van der Waals surface area contributed by atoms with E-state index < -0.39 is 0 Å². The number of nitrogens with one attached hydrogen (secondary N) is 1. The predicted molar refractivity (Wildman–Crippen MR) is 66.5 cm³/mol. The molecule has 1 fully saturated rings. The third-order valence-corrected chi connectivity index (χ3v) is 3.20. The molecule has 16 heavy (non-hydrogen) atoms. The number of rotatable bonds is 7. The molecule has 1 atom stereocenters. The zero-order valence-corrected chi connectivity index (χ0v) is 9.99. The maximum absolute atomic E-state index is 5.25. The highest BCUT2D eigenvalue weighted by Gasteiger charge is 2.30. The largest absolute Gasteiger partial charge is 0.383 e. The fourth-order valence-corrected chi connectivity index (χ4v) is 2.09. The van der Waals surface area contributed by atoms with Gasteiger partial charge in [0.25, 0.3) is 0 Å². The fourth-order valence-electron chi connectivity index (χ4n) is 2.09. The Bertz CT molecular complexity index is 295. The van der Waals surface area contributed by atoms with Crippen LogP contribution in [0, 0.1) is 5.92 Å². The summed E-state index contributed by atoms with van der Waals surface area (Å²) >= 11 is 0. The lowest BCUT2D eigenvalue weighted by atomic mass is 10.1. The van der Waals surface area contributed by atoms with Crippen LogP contribution in [0.1, 0.15) is 18.4 Å². The monoisotopic (exact) mass is 219 g/mol. The molecule has 1 N–H and O–H groups in total. The number of methoxy groups -OCH3 is 1. The van der Waals surface area contributed by atoms with E-state index in [-0.39, 0.29) is 0 Å². The Hall–Kier alpha value is -0.860. The van der Waals surface area contributed by atoms with Gasteiger partial charge in [-0.1, -0.05) is 30.3 Å². The molecule has 88 valence electrons. The number of ether oxygens (including phenoxy) is 1. The Morgan fingerprint density at radius 3 is 2.69 bits per heavy atom. The molecule has 1 unspecified atom stereocenters. The molecule has 1 aliphatic carbocycles. The lowest BCUT2D eigenvalue weighted by molar-refractivity contribution is 0.158. The SMILES string of the molecule is COCC(NCCc1ccccc1)C1CC1. The van der Waals surface area contributed by atoms with Crippen LogP contribution in [0.4, 0.5) is 0 Å². The second-order valence-corrected chi connectivity index (χ2v) is 4.59. The number of benzene rings is 1. The summed E-state index contributed by atoms with van der Waals surface area (Å²) in [5.41, 5.74) is 1.40. The van der Waals surface area contributed by atoms with Gasteiger partial charge < -0.3 is 10.1 Å². The van der Waals surface area contributed by atoms with E-state index in [0.29, 0.717) is 6.04 Å². The second kappa shape index (κ2) is 6.02. The van der Waals surface area contributed by atoms with Crippen LogP contribution in [-0.4, -0.2) is 26.3 Å². The van der Waals surface area contributed by atoms with E-state index in [1.54, 1.807) is 7.11 Å². The normalized spacial score (nSPS) is 17.3. The molecule has 2 nitrogen and oxygen atoms in total. The van der Waals surface area contributed by atoms with E-state index in [1.807, 2.05) is 0 Å². The molecular weight excluding hydrogens is 198 g/mol. The summed E-state index contributed by atoms with van der Waals surface area (Å²) in [7, 11) is 1.79. The Balaban J connectivity index is 1.70. The molecule has 0 aliphatic heterocycles. The van der Waals surface area contributed by atoms with Gasteiger partial charge in [-0.15, -0.1) is 0 Å². The van der Waals surface area contributed by atoms with Crippen LogP contribution in [0.25, 0.3) is 0 Å². The van der Waals surface area contributed by atoms with Crippen LogP contribution >= 0.6 is 0 Å². The Morgan fingerprint density at radius 1 is 1.31 bits per heavy atom. The van der Waals surface area contributed by atoms with E-state index in [0.717, 1.165) is 25.5 Å². The second-order valence-electron chi connectivity index (χ2n) is 4.59. The standard InChI is InChI=1S/C14H21NO/c1-16-11-14(13-7-8-13)15-10-9-12-5-3-2-4-6-12/h2-6,13-15H,7-11H2,1H3. The minimum absolute atomic E-state index is 0.564. The first-order valence-electron chi connectivity index (χ1n) is 6.16. The molecule has 1 aromatic rings. The van der Waals surface area contributed by atoms with Crippen molar-refractivity contribution in [2.75, 3.05) is 20.3 Å². The van der Waals surface area contributed by atoms with Gasteiger partial charge in [0, 0.05) is 13.2 Å². The van der Waals surface area contributed by atoms with E-state index in [9.17, 15) is 0 Å². The van der Waals surface area contributed by atoms with E-state index >= 15 is 0 Å². The van der Waals surface area contributed by atoms with Crippen molar-refractivity contribution in [2.45, 2.75) is 25.3 Å². The van der Waals surface area contributed by atoms with Gasteiger partial charge in [-0.05, 0) is 37.3 Å². The zero-order chi connectivity index (χ0) is 11.2. The molecule has 0 spiro atoms. The van der Waals surface area contributed by atoms with Crippen LogP contribution < -0.4 is 5.32 Å². The topological polar surface area (TPSA) is 21.3 Å². The average molecular weight is 219 g/mol. The summed E-state index contributed by atoms with van der Waals surface area (Å²) in [5, 5.41) is 3.61. The molecule has 1 saturated carbocycles. The lowest BCUT2D eigenvalue weighted by Crippen LogP contribution is -2.36. The maximum Gasteiger partial charge on any atom is 0.0618 e. The first-order chi connectivity index (χ1) is 7.90. The predicted octanol–water partition coefficient (Wildman–Crippen LogP) is 2.24. The van der Waals surface area contributed by atoms with Crippen molar-refractivity contribution in [3.8, 4) is 0 Å². The van der Waals surface area contributed by atoms with Crippen LogP contribution in [-0.2, 0) is 11.2 Å². The molecular formula is C14H21NO. The molecule has 1 aromatic carbocycles. The highest BCUT2D eigenvalue weighted by Crippen LogP contribution is 2.32. The molecule has 0 heterocycles. The van der Waals surface area contributed by atoms with Gasteiger partial charge in [-0.25, -0.2) is 0 Å². The van der Waals surface area contributed by atoms with Crippen molar-refractivity contribution in [1.82, 2.24) is 5.32 Å². The Labute approximate surface area is 98.0 Å². The maximum atomic E-state index is 5.25. The fraction of sp³-hybridized carbons (Fsp3) is 0.571. The Morgan fingerprint density at radius 2 is 2.06 bits per heavy atom. The quantitative estimate of drug-likeness (QED) is 0.759. The van der Waals surface area contributed by atoms with Crippen LogP contribution in [0.2, 0.25) is 0 Å². The van der Waals surface area contributed by atoms with Gasteiger partial charge in [0.1, 0.15) is 0 Å². The highest BCUT2D eigenvalue weighted by atomic mass is 16.5. The van der Waals surface area contributed by atoms with Gasteiger partial charge in [0.15, 0.2) is 0 Å². The summed E-state index contributed by atoms with van der Waals surface area (Å²) in [6.45, 7) is 1.90. The van der Waals surface area contributed by atoms with Crippen molar-refractivity contribution in [2.24, 2.45) is 5.92 Å². The summed E-state index contributed by atoms with van der Waals surface area (Å²) in [5.74, 6) is 0.857. The van der Waals surface area contributed by atoms with Crippen LogP contribution in [0.15, 0.2) is 30.3 Å². The smallest absolute Gasteiger partial charge is 0.0618 e. The summed E-state index contributed by atoms with van der Waals surface area (Å²) in [4.78, 5) is 0. The van der Waals surface area contributed by atoms with E-state index in [4.69, 9.17) is 4.74 Å².